The average Bonchev–Trinajstić information content (AvgIpc) is 2.58. The summed E-state index contributed by atoms with van der Waals surface area (Å²) in [6.07, 6.45) is 3.64. The number of rotatable bonds is 1. The van der Waals surface area contributed by atoms with Crippen molar-refractivity contribution in [2.45, 2.75) is 6.92 Å². The largest absolute Gasteiger partial charge is 0.369 e. The van der Waals surface area contributed by atoms with Crippen LogP contribution in [0.25, 0.3) is 11.4 Å². The maximum Gasteiger partial charge on any atom is 0.197 e. The number of nitrogens with one attached hydrogen (secondary N) is 1. The number of hydrogen-bond donors (Lipinski definition) is 2. The van der Waals surface area contributed by atoms with Gasteiger partial charge in [-0.25, -0.2) is 4.98 Å². The highest BCUT2D eigenvalue weighted by molar-refractivity contribution is 5.58. The van der Waals surface area contributed by atoms with Gasteiger partial charge in [-0.1, -0.05) is 0 Å². The molecule has 2 aromatic heterocycles. The SMILES string of the molecule is Cc1cn(C)nc1-c1cnc(N)[nH]1. The Kier molecular flexibility index (Phi) is 1.58. The molecule has 0 saturated carbocycles. The minimum Gasteiger partial charge on any atom is -0.369 e. The quantitative estimate of drug-likeness (QED) is 0.673. The molecule has 2 aromatic rings. The van der Waals surface area contributed by atoms with E-state index in [1.807, 2.05) is 20.2 Å². The summed E-state index contributed by atoms with van der Waals surface area (Å²) >= 11 is 0. The van der Waals surface area contributed by atoms with Crippen LogP contribution in [0.4, 0.5) is 5.95 Å². The molecule has 0 amide bonds. The fraction of sp³-hybridized carbons (Fsp3) is 0.250. The second-order valence-corrected chi connectivity index (χ2v) is 3.02. The zero-order valence-corrected chi connectivity index (χ0v) is 7.57. The second kappa shape index (κ2) is 2.62. The van der Waals surface area contributed by atoms with E-state index in [1.165, 1.54) is 0 Å². The van der Waals surface area contributed by atoms with Gasteiger partial charge in [-0.05, 0) is 12.5 Å². The van der Waals surface area contributed by atoms with Gasteiger partial charge in [0.25, 0.3) is 0 Å². The number of nitrogens with two attached hydrogens (primary N) is 1. The predicted octanol–water partition coefficient (Wildman–Crippen LogP) is 0.701. The molecule has 0 radical (unpaired) electrons. The molecule has 0 saturated heterocycles. The standard InChI is InChI=1S/C8H11N5/c1-5-4-13(2)12-7(5)6-3-10-8(9)11-6/h3-4H,1-2H3,(H3,9,10,11). The number of imidazole rings is 1. The van der Waals surface area contributed by atoms with E-state index in [-0.39, 0.29) is 0 Å². The summed E-state index contributed by atoms with van der Waals surface area (Å²) in [6, 6.07) is 0. The van der Waals surface area contributed by atoms with Crippen molar-refractivity contribution in [2.24, 2.45) is 7.05 Å². The van der Waals surface area contributed by atoms with Crippen LogP contribution in [0.15, 0.2) is 12.4 Å². The number of H-pyrrole nitrogens is 1. The van der Waals surface area contributed by atoms with Crippen LogP contribution >= 0.6 is 0 Å². The molecule has 0 fully saturated rings. The molecule has 13 heavy (non-hydrogen) atoms. The molecule has 0 aromatic carbocycles. The zero-order valence-electron chi connectivity index (χ0n) is 7.57. The van der Waals surface area contributed by atoms with Crippen LogP contribution in [-0.2, 0) is 7.05 Å². The molecule has 0 aliphatic heterocycles. The van der Waals surface area contributed by atoms with Crippen LogP contribution in [-0.4, -0.2) is 19.7 Å². The van der Waals surface area contributed by atoms with Crippen molar-refractivity contribution in [3.05, 3.63) is 18.0 Å². The number of nitrogens with zero attached hydrogens (tertiary/aromatic N) is 3. The summed E-state index contributed by atoms with van der Waals surface area (Å²) in [4.78, 5) is 6.85. The van der Waals surface area contributed by atoms with Gasteiger partial charge in [-0.2, -0.15) is 5.10 Å². The van der Waals surface area contributed by atoms with Gasteiger partial charge >= 0.3 is 0 Å². The molecule has 5 nitrogen and oxygen atoms in total. The topological polar surface area (TPSA) is 72.5 Å². The van der Waals surface area contributed by atoms with Gasteiger partial charge in [0.15, 0.2) is 5.95 Å². The fourth-order valence-electron chi connectivity index (χ4n) is 1.33. The Hall–Kier alpha value is -1.78. The molecule has 2 heterocycles. The normalized spacial score (nSPS) is 10.6. The Labute approximate surface area is 75.6 Å². The van der Waals surface area contributed by atoms with Gasteiger partial charge in [-0.3, -0.25) is 4.68 Å². The second-order valence-electron chi connectivity index (χ2n) is 3.02. The smallest absolute Gasteiger partial charge is 0.197 e. The van der Waals surface area contributed by atoms with Crippen LogP contribution in [0.2, 0.25) is 0 Å². The highest BCUT2D eigenvalue weighted by atomic mass is 15.3. The Balaban J connectivity index is 2.51. The summed E-state index contributed by atoms with van der Waals surface area (Å²) in [6.45, 7) is 2.00. The van der Waals surface area contributed by atoms with E-state index < -0.39 is 0 Å². The van der Waals surface area contributed by atoms with Crippen molar-refractivity contribution < 1.29 is 0 Å². The van der Waals surface area contributed by atoms with Gasteiger partial charge in [0.05, 0.1) is 11.9 Å². The lowest BCUT2D eigenvalue weighted by atomic mass is 10.2. The van der Waals surface area contributed by atoms with Crippen LogP contribution in [0.5, 0.6) is 0 Å². The number of nitrogen functional groups attached to an aromatic ring is 1. The van der Waals surface area contributed by atoms with Crippen LogP contribution in [0.1, 0.15) is 5.56 Å². The Bertz CT molecular complexity index is 425. The van der Waals surface area contributed by atoms with Crippen molar-refractivity contribution in [1.82, 2.24) is 19.7 Å². The Morgan fingerprint density at radius 3 is 2.77 bits per heavy atom. The van der Waals surface area contributed by atoms with E-state index in [9.17, 15) is 0 Å². The van der Waals surface area contributed by atoms with Gasteiger partial charge in [0.1, 0.15) is 5.69 Å². The Morgan fingerprint density at radius 1 is 1.54 bits per heavy atom. The van der Waals surface area contributed by atoms with Crippen molar-refractivity contribution >= 4 is 5.95 Å². The minimum absolute atomic E-state index is 0.417. The van der Waals surface area contributed by atoms with E-state index in [2.05, 4.69) is 15.1 Å². The predicted molar refractivity (Wildman–Crippen MR) is 49.9 cm³/mol. The monoisotopic (exact) mass is 177 g/mol. The lowest BCUT2D eigenvalue weighted by molar-refractivity contribution is 0.769. The van der Waals surface area contributed by atoms with E-state index >= 15 is 0 Å². The first-order chi connectivity index (χ1) is 6.16. The maximum atomic E-state index is 5.47. The summed E-state index contributed by atoms with van der Waals surface area (Å²) in [5.74, 6) is 0.417. The van der Waals surface area contributed by atoms with Crippen molar-refractivity contribution in [1.29, 1.82) is 0 Å². The maximum absolute atomic E-state index is 5.47. The first kappa shape index (κ1) is 7.85. The van der Waals surface area contributed by atoms with E-state index in [0.717, 1.165) is 17.0 Å². The van der Waals surface area contributed by atoms with Gasteiger partial charge in [0.2, 0.25) is 0 Å². The number of aryl methyl sites for hydroxylation is 2. The van der Waals surface area contributed by atoms with E-state index in [1.54, 1.807) is 10.9 Å². The summed E-state index contributed by atoms with van der Waals surface area (Å²) in [7, 11) is 1.89. The average molecular weight is 177 g/mol. The van der Waals surface area contributed by atoms with Crippen LogP contribution in [0, 0.1) is 6.92 Å². The van der Waals surface area contributed by atoms with Crippen LogP contribution < -0.4 is 5.73 Å². The number of aromatic nitrogens is 4. The lowest BCUT2D eigenvalue weighted by Crippen LogP contribution is -1.89. The minimum atomic E-state index is 0.417. The van der Waals surface area contributed by atoms with E-state index in [0.29, 0.717) is 5.95 Å². The molecule has 0 unspecified atom stereocenters. The number of hydrogen-bond acceptors (Lipinski definition) is 3. The van der Waals surface area contributed by atoms with Crippen molar-refractivity contribution in [2.75, 3.05) is 5.73 Å². The van der Waals surface area contributed by atoms with Crippen molar-refractivity contribution in [3.8, 4) is 11.4 Å². The fourth-order valence-corrected chi connectivity index (χ4v) is 1.33. The van der Waals surface area contributed by atoms with Crippen LogP contribution in [0.3, 0.4) is 0 Å². The Morgan fingerprint density at radius 2 is 2.31 bits per heavy atom. The lowest BCUT2D eigenvalue weighted by Gasteiger charge is -1.91. The number of aromatic amines is 1. The van der Waals surface area contributed by atoms with Gasteiger partial charge in [0, 0.05) is 13.2 Å². The summed E-state index contributed by atoms with van der Waals surface area (Å²) in [5.41, 5.74) is 8.33. The molecular weight excluding hydrogens is 166 g/mol. The summed E-state index contributed by atoms with van der Waals surface area (Å²) in [5, 5.41) is 4.28. The molecule has 3 N–H and O–H groups in total. The third-order valence-corrected chi connectivity index (χ3v) is 1.86. The van der Waals surface area contributed by atoms with E-state index in [4.69, 9.17) is 5.73 Å². The molecule has 0 atom stereocenters. The molecule has 0 aliphatic carbocycles. The summed E-state index contributed by atoms with van der Waals surface area (Å²) < 4.78 is 1.77. The molecular formula is C8H11N5. The van der Waals surface area contributed by atoms with Gasteiger partial charge < -0.3 is 10.7 Å². The third-order valence-electron chi connectivity index (χ3n) is 1.86. The zero-order chi connectivity index (χ0) is 9.42. The highest BCUT2D eigenvalue weighted by Crippen LogP contribution is 2.18. The molecule has 2 rings (SSSR count). The number of anilines is 1. The third kappa shape index (κ3) is 1.28. The highest BCUT2D eigenvalue weighted by Gasteiger charge is 2.07. The molecule has 0 spiro atoms. The van der Waals surface area contributed by atoms with Crippen molar-refractivity contribution in [3.63, 3.8) is 0 Å². The molecule has 5 heteroatoms. The first-order valence-corrected chi connectivity index (χ1v) is 3.98. The first-order valence-electron chi connectivity index (χ1n) is 3.98. The molecule has 0 bridgehead atoms. The molecule has 68 valence electrons. The van der Waals surface area contributed by atoms with Gasteiger partial charge in [-0.15, -0.1) is 0 Å². The molecule has 0 aliphatic rings.